The summed E-state index contributed by atoms with van der Waals surface area (Å²) in [6.07, 6.45) is 1.36. The topological polar surface area (TPSA) is 37.3 Å². The predicted molar refractivity (Wildman–Crippen MR) is 33.1 cm³/mol. The summed E-state index contributed by atoms with van der Waals surface area (Å²) in [5.41, 5.74) is 0. The largest absolute Gasteiger partial charge is 0.481 e. The van der Waals surface area contributed by atoms with Crippen LogP contribution in [-0.4, -0.2) is 15.9 Å². The van der Waals surface area contributed by atoms with Crippen LogP contribution in [0.15, 0.2) is 0 Å². The summed E-state index contributed by atoms with van der Waals surface area (Å²) in [5, 5.41) is 8.22. The van der Waals surface area contributed by atoms with Crippen molar-refractivity contribution in [1.29, 1.82) is 0 Å². The van der Waals surface area contributed by atoms with Gasteiger partial charge in [-0.05, 0) is 12.3 Å². The number of carboxylic acid groups (broad SMARTS) is 1. The molecule has 1 aliphatic rings. The third kappa shape index (κ3) is 1.47. The zero-order chi connectivity index (χ0) is 6.15. The number of hydrogen-bond donors (Lipinski definition) is 1. The highest BCUT2D eigenvalue weighted by molar-refractivity contribution is 9.09. The molecule has 3 heteroatoms. The Kier molecular flexibility index (Phi) is 1.56. The van der Waals surface area contributed by atoms with Crippen molar-refractivity contribution in [3.05, 3.63) is 0 Å². The van der Waals surface area contributed by atoms with Gasteiger partial charge in [0.1, 0.15) is 0 Å². The lowest BCUT2D eigenvalue weighted by atomic mass is 10.3. The minimum absolute atomic E-state index is 0.329. The van der Waals surface area contributed by atoms with E-state index in [-0.39, 0.29) is 0 Å². The van der Waals surface area contributed by atoms with E-state index in [0.717, 1.165) is 6.42 Å². The average molecular weight is 179 g/mol. The molecule has 0 amide bonds. The standard InChI is InChI=1S/C5H7BrO2/c6-4-1-3(4)2-5(7)8/h3-4H,1-2H2,(H,7,8). The lowest BCUT2D eigenvalue weighted by molar-refractivity contribution is -0.137. The maximum absolute atomic E-state index is 9.97. The second kappa shape index (κ2) is 2.05. The molecule has 1 N–H and O–H groups in total. The van der Waals surface area contributed by atoms with E-state index in [1.54, 1.807) is 0 Å². The number of carbonyl (C=O) groups is 1. The Labute approximate surface area is 56.0 Å². The van der Waals surface area contributed by atoms with Gasteiger partial charge in [0.15, 0.2) is 0 Å². The van der Waals surface area contributed by atoms with Gasteiger partial charge in [-0.2, -0.15) is 0 Å². The van der Waals surface area contributed by atoms with E-state index in [1.165, 1.54) is 0 Å². The monoisotopic (exact) mass is 178 g/mol. The molecule has 2 atom stereocenters. The van der Waals surface area contributed by atoms with Gasteiger partial charge in [0.25, 0.3) is 0 Å². The summed E-state index contributed by atoms with van der Waals surface area (Å²) in [7, 11) is 0. The molecule has 0 aromatic carbocycles. The van der Waals surface area contributed by atoms with Gasteiger partial charge in [-0.15, -0.1) is 0 Å². The SMILES string of the molecule is O=C(O)CC1CC1Br. The van der Waals surface area contributed by atoms with Crippen molar-refractivity contribution in [2.45, 2.75) is 17.7 Å². The van der Waals surface area contributed by atoms with Gasteiger partial charge >= 0.3 is 5.97 Å². The number of carboxylic acids is 1. The quantitative estimate of drug-likeness (QED) is 0.647. The van der Waals surface area contributed by atoms with Crippen LogP contribution in [0, 0.1) is 5.92 Å². The first-order valence-electron chi connectivity index (χ1n) is 2.56. The first kappa shape index (κ1) is 6.08. The Bertz CT molecular complexity index is 113. The van der Waals surface area contributed by atoms with Crippen LogP contribution in [0.1, 0.15) is 12.8 Å². The highest BCUT2D eigenvalue weighted by Crippen LogP contribution is 2.40. The van der Waals surface area contributed by atoms with Gasteiger partial charge < -0.3 is 5.11 Å². The first-order valence-corrected chi connectivity index (χ1v) is 3.47. The van der Waals surface area contributed by atoms with Gasteiger partial charge in [-0.3, -0.25) is 4.79 Å². The van der Waals surface area contributed by atoms with Crippen molar-refractivity contribution >= 4 is 21.9 Å². The smallest absolute Gasteiger partial charge is 0.303 e. The highest BCUT2D eigenvalue weighted by atomic mass is 79.9. The summed E-state index contributed by atoms with van der Waals surface area (Å²) >= 11 is 3.31. The van der Waals surface area contributed by atoms with Crippen molar-refractivity contribution in [2.75, 3.05) is 0 Å². The van der Waals surface area contributed by atoms with Gasteiger partial charge in [0.05, 0.1) is 0 Å². The maximum atomic E-state index is 9.97. The third-order valence-corrected chi connectivity index (χ3v) is 2.39. The summed E-state index contributed by atoms with van der Waals surface area (Å²) in [4.78, 5) is 10.5. The number of rotatable bonds is 2. The van der Waals surface area contributed by atoms with Crippen LogP contribution in [-0.2, 0) is 4.79 Å². The van der Waals surface area contributed by atoms with E-state index in [4.69, 9.17) is 5.11 Å². The van der Waals surface area contributed by atoms with Gasteiger partial charge in [0, 0.05) is 11.2 Å². The molecule has 0 radical (unpaired) electrons. The highest BCUT2D eigenvalue weighted by Gasteiger charge is 2.35. The molecule has 2 unspecified atom stereocenters. The predicted octanol–water partition coefficient (Wildman–Crippen LogP) is 1.24. The molecule has 0 aromatic rings. The lowest BCUT2D eigenvalue weighted by Gasteiger charge is -1.85. The van der Waals surface area contributed by atoms with Gasteiger partial charge in [-0.1, -0.05) is 15.9 Å². The van der Waals surface area contributed by atoms with E-state index in [1.807, 2.05) is 0 Å². The van der Waals surface area contributed by atoms with Crippen molar-refractivity contribution in [3.8, 4) is 0 Å². The average Bonchev–Trinajstić information content (AvgIpc) is 2.17. The van der Waals surface area contributed by atoms with Crippen molar-refractivity contribution in [2.24, 2.45) is 5.92 Å². The van der Waals surface area contributed by atoms with Crippen LogP contribution in [0.25, 0.3) is 0 Å². The second-order valence-electron chi connectivity index (χ2n) is 2.11. The zero-order valence-electron chi connectivity index (χ0n) is 4.30. The lowest BCUT2D eigenvalue weighted by Crippen LogP contribution is -1.95. The molecule has 8 heavy (non-hydrogen) atoms. The fraction of sp³-hybridized carbons (Fsp3) is 0.800. The van der Waals surface area contributed by atoms with Gasteiger partial charge in [-0.25, -0.2) is 0 Å². The molecule has 1 aliphatic carbocycles. The molecule has 0 aliphatic heterocycles. The van der Waals surface area contributed by atoms with E-state index in [9.17, 15) is 4.79 Å². The Morgan fingerprint density at radius 1 is 1.88 bits per heavy atom. The molecule has 0 bridgehead atoms. The molecule has 0 heterocycles. The van der Waals surface area contributed by atoms with E-state index in [0.29, 0.717) is 17.2 Å². The maximum Gasteiger partial charge on any atom is 0.303 e. The molecule has 1 rings (SSSR count). The van der Waals surface area contributed by atoms with Crippen LogP contribution in [0.2, 0.25) is 0 Å². The fourth-order valence-corrected chi connectivity index (χ4v) is 1.31. The van der Waals surface area contributed by atoms with Crippen LogP contribution in [0.5, 0.6) is 0 Å². The summed E-state index contributed by atoms with van der Waals surface area (Å²) in [6.45, 7) is 0. The molecular weight excluding hydrogens is 172 g/mol. The minimum atomic E-state index is -0.683. The molecule has 0 spiro atoms. The zero-order valence-corrected chi connectivity index (χ0v) is 5.89. The minimum Gasteiger partial charge on any atom is -0.481 e. The summed E-state index contributed by atoms with van der Waals surface area (Å²) in [5.74, 6) is -0.274. The number of halogens is 1. The van der Waals surface area contributed by atoms with Crippen LogP contribution < -0.4 is 0 Å². The van der Waals surface area contributed by atoms with Crippen molar-refractivity contribution in [3.63, 3.8) is 0 Å². The van der Waals surface area contributed by atoms with E-state index >= 15 is 0 Å². The van der Waals surface area contributed by atoms with Crippen molar-refractivity contribution < 1.29 is 9.90 Å². The fourth-order valence-electron chi connectivity index (χ4n) is 0.646. The second-order valence-corrected chi connectivity index (χ2v) is 3.29. The molecule has 1 fully saturated rings. The Hall–Kier alpha value is -0.0500. The van der Waals surface area contributed by atoms with Crippen LogP contribution >= 0.6 is 15.9 Å². The summed E-state index contributed by atoms with van der Waals surface area (Å²) in [6, 6.07) is 0. The molecular formula is C5H7BrO2. The third-order valence-electron chi connectivity index (χ3n) is 1.27. The Balaban J connectivity index is 2.14. The number of aliphatic carboxylic acids is 1. The summed E-state index contributed by atoms with van der Waals surface area (Å²) < 4.78 is 0. The van der Waals surface area contributed by atoms with E-state index < -0.39 is 5.97 Å². The van der Waals surface area contributed by atoms with Crippen LogP contribution in [0.3, 0.4) is 0 Å². The molecule has 0 saturated heterocycles. The molecule has 2 nitrogen and oxygen atoms in total. The van der Waals surface area contributed by atoms with Gasteiger partial charge in [0.2, 0.25) is 0 Å². The molecule has 1 saturated carbocycles. The number of hydrogen-bond acceptors (Lipinski definition) is 1. The van der Waals surface area contributed by atoms with E-state index in [2.05, 4.69) is 15.9 Å². The Morgan fingerprint density at radius 2 is 2.38 bits per heavy atom. The normalized spacial score (nSPS) is 34.6. The Morgan fingerprint density at radius 3 is 2.50 bits per heavy atom. The number of alkyl halides is 1. The molecule has 0 aromatic heterocycles. The molecule has 46 valence electrons. The first-order chi connectivity index (χ1) is 3.70. The van der Waals surface area contributed by atoms with Crippen LogP contribution in [0.4, 0.5) is 0 Å². The van der Waals surface area contributed by atoms with Crippen molar-refractivity contribution in [1.82, 2.24) is 0 Å².